The Kier molecular flexibility index (Phi) is 5.03. The van der Waals surface area contributed by atoms with Crippen LogP contribution < -0.4 is 5.32 Å². The van der Waals surface area contributed by atoms with Crippen LogP contribution >= 0.6 is 34.5 Å². The molecule has 0 spiro atoms. The maximum atomic E-state index is 11.8. The number of hydrogen-bond acceptors (Lipinski definition) is 5. The summed E-state index contributed by atoms with van der Waals surface area (Å²) < 4.78 is 6.77. The van der Waals surface area contributed by atoms with Gasteiger partial charge >= 0.3 is 5.97 Å². The van der Waals surface area contributed by atoms with Gasteiger partial charge in [-0.05, 0) is 18.2 Å². The fourth-order valence-corrected chi connectivity index (χ4v) is 3.16. The molecule has 6 nitrogen and oxygen atoms in total. The highest BCUT2D eigenvalue weighted by atomic mass is 35.5. The number of nitrogens with zero attached hydrogens (tertiary/aromatic N) is 2. The Morgan fingerprint density at radius 1 is 1.33 bits per heavy atom. The number of nitrogens with one attached hydrogen (secondary N) is 1. The zero-order valence-electron chi connectivity index (χ0n) is 12.2. The van der Waals surface area contributed by atoms with E-state index in [9.17, 15) is 9.59 Å². The molecular formula is C15H11Cl2N3O3S. The summed E-state index contributed by atoms with van der Waals surface area (Å²) in [6.45, 7) is -0.403. The van der Waals surface area contributed by atoms with E-state index >= 15 is 0 Å². The molecule has 0 radical (unpaired) electrons. The summed E-state index contributed by atoms with van der Waals surface area (Å²) in [6.07, 6.45) is 3.61. The minimum absolute atomic E-state index is 0.00335. The third-order valence-corrected chi connectivity index (χ3v) is 4.36. The standard InChI is InChI=1S/C15H11Cl2N3O3S/c16-9-1-2-12(11(17)5-9)19-13(21)8-23-14(22)6-10-7-20-3-4-24-15(20)18-10/h1-5,7H,6,8H2,(H,19,21). The number of ether oxygens (including phenoxy) is 1. The molecule has 0 bridgehead atoms. The van der Waals surface area contributed by atoms with Crippen molar-refractivity contribution in [3.8, 4) is 0 Å². The number of halogens is 2. The molecule has 1 amide bonds. The van der Waals surface area contributed by atoms with Crippen molar-refractivity contribution in [2.45, 2.75) is 6.42 Å². The smallest absolute Gasteiger partial charge is 0.312 e. The quantitative estimate of drug-likeness (QED) is 0.685. The SMILES string of the molecule is O=C(COC(=O)Cc1cn2ccsc2n1)Nc1ccc(Cl)cc1Cl. The molecular weight excluding hydrogens is 373 g/mol. The fourth-order valence-electron chi connectivity index (χ4n) is 1.98. The van der Waals surface area contributed by atoms with Crippen LogP contribution in [0.25, 0.3) is 4.96 Å². The predicted molar refractivity (Wildman–Crippen MR) is 92.8 cm³/mol. The third-order valence-electron chi connectivity index (χ3n) is 3.04. The molecule has 2 aromatic heterocycles. The van der Waals surface area contributed by atoms with Crippen molar-refractivity contribution in [3.63, 3.8) is 0 Å². The van der Waals surface area contributed by atoms with Crippen LogP contribution in [-0.2, 0) is 20.7 Å². The minimum atomic E-state index is -0.530. The van der Waals surface area contributed by atoms with Crippen LogP contribution in [0.4, 0.5) is 5.69 Å². The normalized spacial score (nSPS) is 10.8. The second-order valence-corrected chi connectivity index (χ2v) is 6.55. The lowest BCUT2D eigenvalue weighted by molar-refractivity contribution is -0.146. The Morgan fingerprint density at radius 2 is 2.17 bits per heavy atom. The molecule has 0 aliphatic carbocycles. The number of hydrogen-bond donors (Lipinski definition) is 1. The van der Waals surface area contributed by atoms with Gasteiger partial charge in [0, 0.05) is 22.8 Å². The average molecular weight is 384 g/mol. The van der Waals surface area contributed by atoms with Gasteiger partial charge in [0.25, 0.3) is 5.91 Å². The highest BCUT2D eigenvalue weighted by molar-refractivity contribution is 7.15. The molecule has 1 N–H and O–H groups in total. The van der Waals surface area contributed by atoms with Gasteiger partial charge < -0.3 is 10.1 Å². The number of benzene rings is 1. The third kappa shape index (κ3) is 4.05. The largest absolute Gasteiger partial charge is 0.455 e. The van der Waals surface area contributed by atoms with Gasteiger partial charge in [-0.2, -0.15) is 0 Å². The number of aromatic nitrogens is 2. The minimum Gasteiger partial charge on any atom is -0.455 e. The van der Waals surface area contributed by atoms with Crippen molar-refractivity contribution in [2.24, 2.45) is 0 Å². The van der Waals surface area contributed by atoms with E-state index in [-0.39, 0.29) is 6.42 Å². The van der Waals surface area contributed by atoms with Gasteiger partial charge in [-0.15, -0.1) is 11.3 Å². The van der Waals surface area contributed by atoms with Crippen molar-refractivity contribution in [3.05, 3.63) is 51.7 Å². The predicted octanol–water partition coefficient (Wildman–Crippen LogP) is 3.43. The van der Waals surface area contributed by atoms with Crippen LogP contribution in [0.3, 0.4) is 0 Å². The fraction of sp³-hybridized carbons (Fsp3) is 0.133. The zero-order valence-corrected chi connectivity index (χ0v) is 14.5. The van der Waals surface area contributed by atoms with E-state index in [1.54, 1.807) is 18.3 Å². The summed E-state index contributed by atoms with van der Waals surface area (Å²) in [5, 5.41) is 5.22. The van der Waals surface area contributed by atoms with E-state index in [0.29, 0.717) is 21.4 Å². The van der Waals surface area contributed by atoms with Crippen LogP contribution in [0, 0.1) is 0 Å². The number of imidazole rings is 1. The van der Waals surface area contributed by atoms with Crippen molar-refractivity contribution < 1.29 is 14.3 Å². The number of amides is 1. The van der Waals surface area contributed by atoms with Gasteiger partial charge in [0.15, 0.2) is 11.6 Å². The molecule has 9 heteroatoms. The van der Waals surface area contributed by atoms with Gasteiger partial charge in [-0.3, -0.25) is 14.0 Å². The maximum Gasteiger partial charge on any atom is 0.312 e. The zero-order chi connectivity index (χ0) is 17.1. The molecule has 0 unspecified atom stereocenters. The molecule has 0 aliphatic rings. The number of anilines is 1. The number of carbonyl (C=O) groups is 2. The first-order chi connectivity index (χ1) is 11.5. The lowest BCUT2D eigenvalue weighted by Crippen LogP contribution is -2.21. The topological polar surface area (TPSA) is 72.7 Å². The van der Waals surface area contributed by atoms with Crippen molar-refractivity contribution in [1.82, 2.24) is 9.38 Å². The van der Waals surface area contributed by atoms with E-state index < -0.39 is 18.5 Å². The van der Waals surface area contributed by atoms with Gasteiger partial charge in [0.05, 0.1) is 22.8 Å². The van der Waals surface area contributed by atoms with Crippen molar-refractivity contribution in [2.75, 3.05) is 11.9 Å². The molecule has 1 aromatic carbocycles. The maximum absolute atomic E-state index is 11.8. The number of fused-ring (bicyclic) bond motifs is 1. The van der Waals surface area contributed by atoms with Gasteiger partial charge in [0.2, 0.25) is 0 Å². The number of rotatable bonds is 5. The summed E-state index contributed by atoms with van der Waals surface area (Å²) in [4.78, 5) is 28.7. The Balaban J connectivity index is 1.50. The van der Waals surface area contributed by atoms with Crippen LogP contribution in [0.2, 0.25) is 10.0 Å². The molecule has 3 rings (SSSR count). The van der Waals surface area contributed by atoms with Gasteiger partial charge in [0.1, 0.15) is 0 Å². The summed E-state index contributed by atoms with van der Waals surface area (Å²) in [5.74, 6) is -1.02. The van der Waals surface area contributed by atoms with Crippen molar-refractivity contribution >= 4 is 57.1 Å². The van der Waals surface area contributed by atoms with E-state index in [1.807, 2.05) is 16.0 Å². The van der Waals surface area contributed by atoms with Gasteiger partial charge in [-0.1, -0.05) is 23.2 Å². The second kappa shape index (κ2) is 7.21. The molecule has 0 aliphatic heterocycles. The number of thiazole rings is 1. The van der Waals surface area contributed by atoms with E-state index in [2.05, 4.69) is 10.3 Å². The highest BCUT2D eigenvalue weighted by Crippen LogP contribution is 2.25. The molecule has 0 atom stereocenters. The molecule has 0 saturated carbocycles. The first kappa shape index (κ1) is 16.8. The first-order valence-electron chi connectivity index (χ1n) is 6.83. The Labute approximate surface area is 151 Å². The summed E-state index contributed by atoms with van der Waals surface area (Å²) in [6, 6.07) is 4.68. The van der Waals surface area contributed by atoms with Crippen LogP contribution in [0.15, 0.2) is 36.0 Å². The Bertz CT molecular complexity index is 878. The molecule has 3 aromatic rings. The van der Waals surface area contributed by atoms with Crippen molar-refractivity contribution in [1.29, 1.82) is 0 Å². The lowest BCUT2D eigenvalue weighted by atomic mass is 10.3. The second-order valence-electron chi connectivity index (χ2n) is 4.83. The Morgan fingerprint density at radius 3 is 2.92 bits per heavy atom. The first-order valence-corrected chi connectivity index (χ1v) is 8.46. The summed E-state index contributed by atoms with van der Waals surface area (Å²) in [7, 11) is 0. The highest BCUT2D eigenvalue weighted by Gasteiger charge is 2.12. The van der Waals surface area contributed by atoms with E-state index in [4.69, 9.17) is 27.9 Å². The molecule has 24 heavy (non-hydrogen) atoms. The number of carbonyl (C=O) groups excluding carboxylic acids is 2. The van der Waals surface area contributed by atoms with E-state index in [1.165, 1.54) is 17.4 Å². The lowest BCUT2D eigenvalue weighted by Gasteiger charge is -2.08. The summed E-state index contributed by atoms with van der Waals surface area (Å²) in [5.41, 5.74) is 0.990. The van der Waals surface area contributed by atoms with Crippen LogP contribution in [0.5, 0.6) is 0 Å². The Hall–Kier alpha value is -2.09. The molecule has 0 fully saturated rings. The summed E-state index contributed by atoms with van der Waals surface area (Å²) >= 11 is 13.2. The van der Waals surface area contributed by atoms with E-state index in [0.717, 1.165) is 4.96 Å². The molecule has 0 saturated heterocycles. The van der Waals surface area contributed by atoms with Gasteiger partial charge in [-0.25, -0.2) is 4.98 Å². The monoisotopic (exact) mass is 383 g/mol. The van der Waals surface area contributed by atoms with Crippen LogP contribution in [-0.4, -0.2) is 27.9 Å². The number of esters is 1. The average Bonchev–Trinajstić information content (AvgIpc) is 3.09. The molecule has 124 valence electrons. The molecule has 2 heterocycles. The van der Waals surface area contributed by atoms with Crippen LogP contribution in [0.1, 0.15) is 5.69 Å².